The Morgan fingerprint density at radius 3 is 2.31 bits per heavy atom. The van der Waals surface area contributed by atoms with Crippen molar-refractivity contribution in [1.82, 2.24) is 0 Å². The first-order valence-electron chi connectivity index (χ1n) is 4.40. The van der Waals surface area contributed by atoms with Crippen molar-refractivity contribution in [2.24, 2.45) is 23.7 Å². The minimum absolute atomic E-state index is 0.0541. The van der Waals surface area contributed by atoms with Gasteiger partial charge in [-0.15, -0.1) is 0 Å². The molecule has 0 aromatic heterocycles. The van der Waals surface area contributed by atoms with E-state index >= 15 is 0 Å². The predicted octanol–water partition coefficient (Wildman–Crippen LogP) is 1.98. The Kier molecular flexibility index (Phi) is 1.91. The second-order valence-electron chi connectivity index (χ2n) is 3.86. The third-order valence-corrected chi connectivity index (χ3v) is 3.21. The Morgan fingerprint density at radius 1 is 1.23 bits per heavy atom. The second-order valence-corrected chi connectivity index (χ2v) is 3.86. The first kappa shape index (κ1) is 9.06. The largest absolute Gasteiger partial charge is 0.396 e. The number of allylic oxidation sites excluding steroid dienone is 2. The van der Waals surface area contributed by atoms with Gasteiger partial charge in [0.15, 0.2) is 0 Å². The molecule has 0 saturated heterocycles. The lowest BCUT2D eigenvalue weighted by Crippen LogP contribution is -2.35. The first-order valence-corrected chi connectivity index (χ1v) is 4.40. The SMILES string of the molecule is OC[C@H]1[C@@H](C(F)(F)F)[C@H]2C=C[C@H]1C2. The number of fused-ring (bicyclic) bond motifs is 2. The van der Waals surface area contributed by atoms with Crippen molar-refractivity contribution < 1.29 is 18.3 Å². The van der Waals surface area contributed by atoms with E-state index in [9.17, 15) is 13.2 Å². The summed E-state index contributed by atoms with van der Waals surface area (Å²) in [5.41, 5.74) is 0. The van der Waals surface area contributed by atoms with Crippen LogP contribution in [0, 0.1) is 23.7 Å². The van der Waals surface area contributed by atoms with Gasteiger partial charge in [-0.05, 0) is 18.3 Å². The molecule has 0 spiro atoms. The Bertz CT molecular complexity index is 234. The lowest BCUT2D eigenvalue weighted by Gasteiger charge is -2.28. The monoisotopic (exact) mass is 192 g/mol. The molecule has 1 fully saturated rings. The fourth-order valence-corrected chi connectivity index (χ4v) is 2.66. The van der Waals surface area contributed by atoms with E-state index in [4.69, 9.17) is 5.11 Å². The molecule has 0 aliphatic heterocycles. The molecule has 0 unspecified atom stereocenters. The van der Waals surface area contributed by atoms with Crippen LogP contribution in [0.1, 0.15) is 6.42 Å². The van der Waals surface area contributed by atoms with E-state index in [2.05, 4.69) is 0 Å². The van der Waals surface area contributed by atoms with Crippen LogP contribution in [0.5, 0.6) is 0 Å². The number of halogens is 3. The summed E-state index contributed by atoms with van der Waals surface area (Å²) >= 11 is 0. The van der Waals surface area contributed by atoms with Crippen molar-refractivity contribution in [3.8, 4) is 0 Å². The number of alkyl halides is 3. The Morgan fingerprint density at radius 2 is 1.85 bits per heavy atom. The fraction of sp³-hybridized carbons (Fsp3) is 0.778. The van der Waals surface area contributed by atoms with Gasteiger partial charge in [0.05, 0.1) is 5.92 Å². The summed E-state index contributed by atoms with van der Waals surface area (Å²) in [7, 11) is 0. The summed E-state index contributed by atoms with van der Waals surface area (Å²) in [6.45, 7) is -0.352. The van der Waals surface area contributed by atoms with Crippen molar-refractivity contribution in [3.63, 3.8) is 0 Å². The molecule has 0 amide bonds. The lowest BCUT2D eigenvalue weighted by molar-refractivity contribution is -0.196. The van der Waals surface area contributed by atoms with Gasteiger partial charge in [-0.2, -0.15) is 13.2 Å². The van der Waals surface area contributed by atoms with Crippen molar-refractivity contribution >= 4 is 0 Å². The van der Waals surface area contributed by atoms with E-state index in [0.717, 1.165) is 0 Å². The Labute approximate surface area is 74.2 Å². The van der Waals surface area contributed by atoms with Crippen LogP contribution in [0.15, 0.2) is 12.2 Å². The highest BCUT2D eigenvalue weighted by Gasteiger charge is 2.56. The summed E-state index contributed by atoms with van der Waals surface area (Å²) in [5.74, 6) is -2.36. The highest BCUT2D eigenvalue weighted by Crippen LogP contribution is 2.53. The lowest BCUT2D eigenvalue weighted by atomic mass is 9.83. The topological polar surface area (TPSA) is 20.2 Å². The molecular weight excluding hydrogens is 181 g/mol. The van der Waals surface area contributed by atoms with Crippen LogP contribution in [0.4, 0.5) is 13.2 Å². The molecule has 2 aliphatic rings. The number of aliphatic hydroxyl groups excluding tert-OH is 1. The zero-order valence-electron chi connectivity index (χ0n) is 6.96. The average Bonchev–Trinajstić information content (AvgIpc) is 2.59. The summed E-state index contributed by atoms with van der Waals surface area (Å²) < 4.78 is 37.5. The van der Waals surface area contributed by atoms with Gasteiger partial charge in [-0.25, -0.2) is 0 Å². The summed E-state index contributed by atoms with van der Waals surface area (Å²) in [6.07, 6.45) is -0.129. The molecule has 1 saturated carbocycles. The molecule has 0 heterocycles. The third kappa shape index (κ3) is 1.27. The molecular formula is C9H11F3O. The van der Waals surface area contributed by atoms with Gasteiger partial charge in [0.25, 0.3) is 0 Å². The average molecular weight is 192 g/mol. The van der Waals surface area contributed by atoms with Crippen molar-refractivity contribution in [3.05, 3.63) is 12.2 Å². The molecule has 0 radical (unpaired) electrons. The summed E-state index contributed by atoms with van der Waals surface area (Å²) in [5, 5.41) is 8.89. The molecule has 2 rings (SSSR count). The molecule has 0 aromatic carbocycles. The molecule has 74 valence electrons. The van der Waals surface area contributed by atoms with E-state index in [-0.39, 0.29) is 18.4 Å². The number of hydrogen-bond donors (Lipinski definition) is 1. The molecule has 4 atom stereocenters. The first-order chi connectivity index (χ1) is 6.04. The highest BCUT2D eigenvalue weighted by molar-refractivity contribution is 5.14. The maximum atomic E-state index is 12.5. The Hall–Kier alpha value is -0.510. The minimum atomic E-state index is -4.16. The van der Waals surface area contributed by atoms with Crippen LogP contribution in [0.2, 0.25) is 0 Å². The van der Waals surface area contributed by atoms with Gasteiger partial charge >= 0.3 is 6.18 Å². The quantitative estimate of drug-likeness (QED) is 0.630. The van der Waals surface area contributed by atoms with Gasteiger partial charge < -0.3 is 5.11 Å². The van der Waals surface area contributed by atoms with E-state index in [1.54, 1.807) is 6.08 Å². The van der Waals surface area contributed by atoms with Gasteiger partial charge in [0.2, 0.25) is 0 Å². The Balaban J connectivity index is 2.23. The van der Waals surface area contributed by atoms with E-state index < -0.39 is 18.0 Å². The zero-order chi connectivity index (χ0) is 9.64. The highest BCUT2D eigenvalue weighted by atomic mass is 19.4. The summed E-state index contributed by atoms with van der Waals surface area (Å²) in [4.78, 5) is 0. The van der Waals surface area contributed by atoms with Crippen LogP contribution < -0.4 is 0 Å². The number of hydrogen-bond acceptors (Lipinski definition) is 1. The maximum absolute atomic E-state index is 12.5. The third-order valence-electron chi connectivity index (χ3n) is 3.21. The predicted molar refractivity (Wildman–Crippen MR) is 40.9 cm³/mol. The maximum Gasteiger partial charge on any atom is 0.392 e. The van der Waals surface area contributed by atoms with Crippen molar-refractivity contribution in [2.45, 2.75) is 12.6 Å². The molecule has 1 nitrogen and oxygen atoms in total. The second kappa shape index (κ2) is 2.74. The van der Waals surface area contributed by atoms with Gasteiger partial charge in [-0.3, -0.25) is 0 Å². The number of rotatable bonds is 1. The summed E-state index contributed by atoms with van der Waals surface area (Å²) in [6, 6.07) is 0. The molecule has 2 bridgehead atoms. The van der Waals surface area contributed by atoms with Crippen LogP contribution in [-0.4, -0.2) is 17.9 Å². The van der Waals surface area contributed by atoms with Crippen molar-refractivity contribution in [2.75, 3.05) is 6.61 Å². The standard InChI is InChI=1S/C9H11F3O/c10-9(11,12)8-6-2-1-5(3-6)7(8)4-13/h1-2,5-8,13H,3-4H2/t5-,6-,7+,8-/m0/s1. The van der Waals surface area contributed by atoms with E-state index in [1.807, 2.05) is 6.08 Å². The van der Waals surface area contributed by atoms with Crippen LogP contribution in [0.25, 0.3) is 0 Å². The fourth-order valence-electron chi connectivity index (χ4n) is 2.66. The van der Waals surface area contributed by atoms with Gasteiger partial charge in [0, 0.05) is 12.5 Å². The molecule has 2 aliphatic carbocycles. The smallest absolute Gasteiger partial charge is 0.392 e. The molecule has 4 heteroatoms. The van der Waals surface area contributed by atoms with Crippen molar-refractivity contribution in [1.29, 1.82) is 0 Å². The van der Waals surface area contributed by atoms with E-state index in [0.29, 0.717) is 6.42 Å². The van der Waals surface area contributed by atoms with Crippen LogP contribution >= 0.6 is 0 Å². The molecule has 1 N–H and O–H groups in total. The number of aliphatic hydroxyl groups is 1. The zero-order valence-corrected chi connectivity index (χ0v) is 6.96. The van der Waals surface area contributed by atoms with Gasteiger partial charge in [0.1, 0.15) is 0 Å². The van der Waals surface area contributed by atoms with Gasteiger partial charge in [-0.1, -0.05) is 12.2 Å². The minimum Gasteiger partial charge on any atom is -0.396 e. The normalized spacial score (nSPS) is 43.1. The molecule has 13 heavy (non-hydrogen) atoms. The van der Waals surface area contributed by atoms with E-state index in [1.165, 1.54) is 0 Å². The molecule has 0 aromatic rings. The van der Waals surface area contributed by atoms with Crippen LogP contribution in [0.3, 0.4) is 0 Å². The van der Waals surface area contributed by atoms with Crippen LogP contribution in [-0.2, 0) is 0 Å².